The van der Waals surface area contributed by atoms with Crippen molar-refractivity contribution < 1.29 is 0 Å². The van der Waals surface area contributed by atoms with Crippen LogP contribution >= 0.6 is 0 Å². The summed E-state index contributed by atoms with van der Waals surface area (Å²) in [6, 6.07) is 6.07. The predicted octanol–water partition coefficient (Wildman–Crippen LogP) is 2.10. The lowest BCUT2D eigenvalue weighted by atomic mass is 10.1. The van der Waals surface area contributed by atoms with E-state index < -0.39 is 0 Å². The van der Waals surface area contributed by atoms with E-state index in [-0.39, 0.29) is 0 Å². The molecule has 0 bridgehead atoms. The van der Waals surface area contributed by atoms with Crippen molar-refractivity contribution >= 4 is 0 Å². The second-order valence-electron chi connectivity index (χ2n) is 3.49. The molecular weight excluding hydrogens is 174 g/mol. The maximum absolute atomic E-state index is 4.48. The molecule has 0 radical (unpaired) electrons. The summed E-state index contributed by atoms with van der Waals surface area (Å²) in [7, 11) is 1.91. The first-order chi connectivity index (χ1) is 6.66. The van der Waals surface area contributed by atoms with Crippen molar-refractivity contribution in [3.8, 4) is 11.4 Å². The lowest BCUT2D eigenvalue weighted by Crippen LogP contribution is -1.93. The number of hydrogen-bond donors (Lipinski definition) is 0. The molecule has 2 aromatic heterocycles. The first-order valence-corrected chi connectivity index (χ1v) is 4.61. The zero-order chi connectivity index (χ0) is 10.1. The molecule has 2 heterocycles. The van der Waals surface area contributed by atoms with E-state index >= 15 is 0 Å². The molecule has 0 N–H and O–H groups in total. The Labute approximate surface area is 83.4 Å². The Kier molecular flexibility index (Phi) is 2.08. The Morgan fingerprint density at radius 2 is 1.93 bits per heavy atom. The SMILES string of the molecule is Cc1ccc(C)c(-c2ccn(C)n2)n1. The first kappa shape index (κ1) is 8.94. The third kappa shape index (κ3) is 1.53. The van der Waals surface area contributed by atoms with Gasteiger partial charge in [-0.15, -0.1) is 0 Å². The summed E-state index contributed by atoms with van der Waals surface area (Å²) in [4.78, 5) is 4.48. The average molecular weight is 187 g/mol. The van der Waals surface area contributed by atoms with Gasteiger partial charge in [0.25, 0.3) is 0 Å². The van der Waals surface area contributed by atoms with Crippen LogP contribution in [0.3, 0.4) is 0 Å². The molecule has 0 saturated heterocycles. The summed E-state index contributed by atoms with van der Waals surface area (Å²) >= 11 is 0. The minimum atomic E-state index is 0.939. The molecular formula is C11H13N3. The van der Waals surface area contributed by atoms with E-state index in [0.717, 1.165) is 22.6 Å². The second kappa shape index (κ2) is 3.25. The molecule has 0 aliphatic rings. The fraction of sp³-hybridized carbons (Fsp3) is 0.273. The van der Waals surface area contributed by atoms with Gasteiger partial charge in [0.15, 0.2) is 0 Å². The van der Waals surface area contributed by atoms with Gasteiger partial charge >= 0.3 is 0 Å². The zero-order valence-electron chi connectivity index (χ0n) is 8.65. The number of aromatic nitrogens is 3. The lowest BCUT2D eigenvalue weighted by Gasteiger charge is -2.02. The molecule has 14 heavy (non-hydrogen) atoms. The van der Waals surface area contributed by atoms with Crippen LogP contribution < -0.4 is 0 Å². The highest BCUT2D eigenvalue weighted by atomic mass is 15.2. The number of hydrogen-bond acceptors (Lipinski definition) is 2. The van der Waals surface area contributed by atoms with Crippen molar-refractivity contribution in [2.75, 3.05) is 0 Å². The third-order valence-corrected chi connectivity index (χ3v) is 2.19. The Morgan fingerprint density at radius 1 is 1.14 bits per heavy atom. The highest BCUT2D eigenvalue weighted by Gasteiger charge is 2.06. The van der Waals surface area contributed by atoms with Crippen LogP contribution in [-0.4, -0.2) is 14.8 Å². The van der Waals surface area contributed by atoms with E-state index in [0.29, 0.717) is 0 Å². The van der Waals surface area contributed by atoms with Gasteiger partial charge in [0.2, 0.25) is 0 Å². The summed E-state index contributed by atoms with van der Waals surface area (Å²) in [5.74, 6) is 0. The van der Waals surface area contributed by atoms with E-state index in [9.17, 15) is 0 Å². The van der Waals surface area contributed by atoms with Crippen LogP contribution in [0.2, 0.25) is 0 Å². The monoisotopic (exact) mass is 187 g/mol. The lowest BCUT2D eigenvalue weighted by molar-refractivity contribution is 0.769. The van der Waals surface area contributed by atoms with Crippen LogP contribution in [0.25, 0.3) is 11.4 Å². The maximum atomic E-state index is 4.48. The predicted molar refractivity (Wildman–Crippen MR) is 55.9 cm³/mol. The Hall–Kier alpha value is -1.64. The van der Waals surface area contributed by atoms with Gasteiger partial charge in [-0.2, -0.15) is 5.10 Å². The van der Waals surface area contributed by atoms with Crippen molar-refractivity contribution in [1.29, 1.82) is 0 Å². The van der Waals surface area contributed by atoms with Crippen LogP contribution in [0.1, 0.15) is 11.3 Å². The van der Waals surface area contributed by atoms with Crippen LogP contribution in [0.4, 0.5) is 0 Å². The average Bonchev–Trinajstić information content (AvgIpc) is 2.56. The molecule has 72 valence electrons. The van der Waals surface area contributed by atoms with E-state index in [1.807, 2.05) is 32.3 Å². The first-order valence-electron chi connectivity index (χ1n) is 4.61. The number of nitrogens with zero attached hydrogens (tertiary/aromatic N) is 3. The standard InChI is InChI=1S/C11H13N3/c1-8-4-5-9(2)12-11(8)10-6-7-14(3)13-10/h4-7H,1-3H3. The molecule has 2 rings (SSSR count). The molecule has 3 heteroatoms. The van der Waals surface area contributed by atoms with Gasteiger partial charge in [-0.05, 0) is 31.5 Å². The highest BCUT2D eigenvalue weighted by Crippen LogP contribution is 2.18. The normalized spacial score (nSPS) is 10.5. The molecule has 0 unspecified atom stereocenters. The molecule has 0 spiro atoms. The molecule has 0 aliphatic heterocycles. The minimum Gasteiger partial charge on any atom is -0.275 e. The maximum Gasteiger partial charge on any atom is 0.111 e. The molecule has 0 aliphatic carbocycles. The van der Waals surface area contributed by atoms with Crippen molar-refractivity contribution in [2.45, 2.75) is 13.8 Å². The quantitative estimate of drug-likeness (QED) is 0.684. The molecule has 0 amide bonds. The zero-order valence-corrected chi connectivity index (χ0v) is 8.65. The van der Waals surface area contributed by atoms with Gasteiger partial charge in [-0.3, -0.25) is 9.67 Å². The molecule has 0 atom stereocenters. The molecule has 0 fully saturated rings. The fourth-order valence-corrected chi connectivity index (χ4v) is 1.43. The van der Waals surface area contributed by atoms with Crippen molar-refractivity contribution in [2.24, 2.45) is 7.05 Å². The van der Waals surface area contributed by atoms with Crippen molar-refractivity contribution in [3.63, 3.8) is 0 Å². The third-order valence-electron chi connectivity index (χ3n) is 2.19. The Morgan fingerprint density at radius 3 is 2.57 bits per heavy atom. The minimum absolute atomic E-state index is 0.939. The van der Waals surface area contributed by atoms with Gasteiger partial charge in [-0.25, -0.2) is 0 Å². The second-order valence-corrected chi connectivity index (χ2v) is 3.49. The van der Waals surface area contributed by atoms with E-state index in [1.165, 1.54) is 0 Å². The number of aryl methyl sites for hydroxylation is 3. The van der Waals surface area contributed by atoms with Crippen LogP contribution in [0.5, 0.6) is 0 Å². The van der Waals surface area contributed by atoms with Crippen LogP contribution in [0, 0.1) is 13.8 Å². The molecule has 2 aromatic rings. The van der Waals surface area contributed by atoms with Gasteiger partial charge in [-0.1, -0.05) is 6.07 Å². The Balaban J connectivity index is 2.55. The van der Waals surface area contributed by atoms with Crippen molar-refractivity contribution in [3.05, 3.63) is 35.7 Å². The summed E-state index contributed by atoms with van der Waals surface area (Å²) < 4.78 is 1.79. The van der Waals surface area contributed by atoms with Gasteiger partial charge in [0.1, 0.15) is 5.69 Å². The van der Waals surface area contributed by atoms with Crippen LogP contribution in [-0.2, 0) is 7.05 Å². The van der Waals surface area contributed by atoms with Gasteiger partial charge in [0.05, 0.1) is 5.69 Å². The summed E-state index contributed by atoms with van der Waals surface area (Å²) in [5.41, 5.74) is 4.10. The highest BCUT2D eigenvalue weighted by molar-refractivity contribution is 5.58. The molecule has 0 aromatic carbocycles. The smallest absolute Gasteiger partial charge is 0.111 e. The summed E-state index contributed by atoms with van der Waals surface area (Å²) in [6.07, 6.45) is 1.93. The van der Waals surface area contributed by atoms with Crippen molar-refractivity contribution in [1.82, 2.24) is 14.8 Å². The molecule has 3 nitrogen and oxygen atoms in total. The Bertz CT molecular complexity index is 457. The van der Waals surface area contributed by atoms with Crippen LogP contribution in [0.15, 0.2) is 24.4 Å². The topological polar surface area (TPSA) is 30.7 Å². The largest absolute Gasteiger partial charge is 0.275 e. The van der Waals surface area contributed by atoms with Gasteiger partial charge < -0.3 is 0 Å². The van der Waals surface area contributed by atoms with E-state index in [1.54, 1.807) is 4.68 Å². The van der Waals surface area contributed by atoms with E-state index in [4.69, 9.17) is 0 Å². The van der Waals surface area contributed by atoms with E-state index in [2.05, 4.69) is 23.1 Å². The molecule has 0 saturated carbocycles. The summed E-state index contributed by atoms with van der Waals surface area (Å²) in [6.45, 7) is 4.04. The van der Waals surface area contributed by atoms with Gasteiger partial charge in [0, 0.05) is 18.9 Å². The fourth-order valence-electron chi connectivity index (χ4n) is 1.43. The summed E-state index contributed by atoms with van der Waals surface area (Å²) in [5, 5.41) is 4.34. The number of rotatable bonds is 1. The number of pyridine rings is 1.